The van der Waals surface area contributed by atoms with E-state index >= 15 is 0 Å². The Morgan fingerprint density at radius 2 is 2.00 bits per heavy atom. The Morgan fingerprint density at radius 1 is 1.35 bits per heavy atom. The van der Waals surface area contributed by atoms with E-state index in [1.165, 1.54) is 4.90 Å². The van der Waals surface area contributed by atoms with Crippen LogP contribution in [-0.2, 0) is 4.79 Å². The Hall–Kier alpha value is -1.30. The molecule has 1 N–H and O–H groups in total. The van der Waals surface area contributed by atoms with Gasteiger partial charge in [-0.3, -0.25) is 0 Å². The van der Waals surface area contributed by atoms with E-state index in [0.29, 0.717) is 13.0 Å². The highest BCUT2D eigenvalue weighted by Crippen LogP contribution is 2.16. The van der Waals surface area contributed by atoms with Gasteiger partial charge in [-0.1, -0.05) is 13.8 Å². The molecule has 1 aliphatic heterocycles. The van der Waals surface area contributed by atoms with E-state index in [9.17, 15) is 14.7 Å². The highest BCUT2D eigenvalue weighted by molar-refractivity contribution is 5.82. The summed E-state index contributed by atoms with van der Waals surface area (Å²) in [6.45, 7) is 6.37. The average molecular weight is 285 g/mol. The molecular formula is C14H27N3O3. The van der Waals surface area contributed by atoms with Gasteiger partial charge < -0.3 is 19.8 Å². The number of hydrogen-bond donors (Lipinski definition) is 1. The lowest BCUT2D eigenvalue weighted by atomic mass is 10.1. The molecule has 1 rings (SSSR count). The molecule has 0 aromatic carbocycles. The molecular weight excluding hydrogens is 258 g/mol. The van der Waals surface area contributed by atoms with Crippen LogP contribution in [-0.4, -0.2) is 77.6 Å². The van der Waals surface area contributed by atoms with Crippen LogP contribution in [0.1, 0.15) is 33.1 Å². The van der Waals surface area contributed by atoms with Crippen LogP contribution in [0.3, 0.4) is 0 Å². The van der Waals surface area contributed by atoms with Gasteiger partial charge in [0.1, 0.15) is 6.04 Å². The van der Waals surface area contributed by atoms with Gasteiger partial charge in [0.05, 0.1) is 0 Å². The smallest absolute Gasteiger partial charge is 0.326 e. The van der Waals surface area contributed by atoms with Crippen LogP contribution >= 0.6 is 0 Å². The number of urea groups is 1. The fraction of sp³-hybridized carbons (Fsp3) is 0.857. The van der Waals surface area contributed by atoms with Gasteiger partial charge in [-0.05, 0) is 32.9 Å². The number of carbonyl (C=O) groups is 2. The number of carbonyl (C=O) groups excluding carboxylic acids is 1. The number of likely N-dealkylation sites (N-methyl/N-ethyl adjacent to an activating group) is 2. The van der Waals surface area contributed by atoms with Crippen molar-refractivity contribution in [2.24, 2.45) is 0 Å². The van der Waals surface area contributed by atoms with Crippen LogP contribution in [0.25, 0.3) is 0 Å². The minimum absolute atomic E-state index is 0.156. The average Bonchev–Trinajstić information content (AvgIpc) is 2.59. The van der Waals surface area contributed by atoms with Crippen molar-refractivity contribution in [2.75, 3.05) is 33.7 Å². The third kappa shape index (κ3) is 3.85. The minimum atomic E-state index is -0.941. The molecule has 6 heteroatoms. The van der Waals surface area contributed by atoms with E-state index in [1.54, 1.807) is 14.0 Å². The summed E-state index contributed by atoms with van der Waals surface area (Å²) < 4.78 is 0. The van der Waals surface area contributed by atoms with Crippen molar-refractivity contribution in [3.05, 3.63) is 0 Å². The molecule has 2 amide bonds. The number of amides is 2. The monoisotopic (exact) mass is 285 g/mol. The van der Waals surface area contributed by atoms with Gasteiger partial charge in [0.2, 0.25) is 0 Å². The van der Waals surface area contributed by atoms with Crippen molar-refractivity contribution in [3.8, 4) is 0 Å². The number of nitrogens with zero attached hydrogens (tertiary/aromatic N) is 3. The molecule has 6 nitrogen and oxygen atoms in total. The molecule has 0 bridgehead atoms. The van der Waals surface area contributed by atoms with Crippen molar-refractivity contribution in [3.63, 3.8) is 0 Å². The standard InChI is InChI=1S/C14H27N3O3/c1-5-11-10-15(3)8-7-9-17(11)14(20)16(4)12(6-2)13(18)19/h11-12H,5-10H2,1-4H3,(H,18,19). The zero-order chi connectivity index (χ0) is 15.3. The molecule has 0 aromatic heterocycles. The van der Waals surface area contributed by atoms with E-state index in [-0.39, 0.29) is 12.1 Å². The fourth-order valence-corrected chi connectivity index (χ4v) is 2.79. The van der Waals surface area contributed by atoms with Gasteiger partial charge in [0.15, 0.2) is 0 Å². The predicted octanol–water partition coefficient (Wildman–Crippen LogP) is 1.32. The van der Waals surface area contributed by atoms with Crippen LogP contribution in [0.2, 0.25) is 0 Å². The summed E-state index contributed by atoms with van der Waals surface area (Å²) >= 11 is 0. The second kappa shape index (κ2) is 7.47. The molecule has 0 spiro atoms. The van der Waals surface area contributed by atoms with Gasteiger partial charge >= 0.3 is 12.0 Å². The van der Waals surface area contributed by atoms with E-state index in [0.717, 1.165) is 25.9 Å². The predicted molar refractivity (Wildman–Crippen MR) is 77.8 cm³/mol. The highest BCUT2D eigenvalue weighted by Gasteiger charge is 2.32. The SMILES string of the molecule is CCC(C(=O)O)N(C)C(=O)N1CCCN(C)CC1CC. The van der Waals surface area contributed by atoms with Crippen LogP contribution in [0, 0.1) is 0 Å². The maximum absolute atomic E-state index is 12.6. The Labute approximate surface area is 121 Å². The first kappa shape index (κ1) is 16.8. The first-order valence-corrected chi connectivity index (χ1v) is 7.37. The van der Waals surface area contributed by atoms with Crippen LogP contribution in [0.4, 0.5) is 4.79 Å². The number of aliphatic carboxylic acids is 1. The summed E-state index contributed by atoms with van der Waals surface area (Å²) in [6.07, 6.45) is 2.23. The molecule has 1 heterocycles. The highest BCUT2D eigenvalue weighted by atomic mass is 16.4. The first-order valence-electron chi connectivity index (χ1n) is 7.37. The quantitative estimate of drug-likeness (QED) is 0.846. The lowest BCUT2D eigenvalue weighted by molar-refractivity contribution is -0.142. The molecule has 0 aromatic rings. The number of hydrogen-bond acceptors (Lipinski definition) is 3. The lowest BCUT2D eigenvalue weighted by Gasteiger charge is -2.35. The first-order chi connectivity index (χ1) is 9.42. The van der Waals surface area contributed by atoms with Crippen molar-refractivity contribution in [1.82, 2.24) is 14.7 Å². The van der Waals surface area contributed by atoms with Crippen molar-refractivity contribution < 1.29 is 14.7 Å². The normalized spacial score (nSPS) is 22.2. The molecule has 1 fully saturated rings. The van der Waals surface area contributed by atoms with Crippen LogP contribution in [0.5, 0.6) is 0 Å². The summed E-state index contributed by atoms with van der Waals surface area (Å²) in [5.41, 5.74) is 0. The van der Waals surface area contributed by atoms with Gasteiger partial charge in [0.25, 0.3) is 0 Å². The molecule has 116 valence electrons. The second-order valence-electron chi connectivity index (χ2n) is 5.53. The summed E-state index contributed by atoms with van der Waals surface area (Å²) in [5, 5.41) is 9.19. The minimum Gasteiger partial charge on any atom is -0.480 e. The Kier molecular flexibility index (Phi) is 6.26. The Bertz CT molecular complexity index is 349. The largest absolute Gasteiger partial charge is 0.480 e. The molecule has 1 saturated heterocycles. The summed E-state index contributed by atoms with van der Waals surface area (Å²) in [4.78, 5) is 29.3. The van der Waals surface area contributed by atoms with Crippen molar-refractivity contribution >= 4 is 12.0 Å². The van der Waals surface area contributed by atoms with Crippen LogP contribution in [0.15, 0.2) is 0 Å². The zero-order valence-electron chi connectivity index (χ0n) is 13.0. The maximum atomic E-state index is 12.6. The molecule has 0 saturated carbocycles. The van der Waals surface area contributed by atoms with E-state index < -0.39 is 12.0 Å². The maximum Gasteiger partial charge on any atom is 0.326 e. The van der Waals surface area contributed by atoms with E-state index in [1.807, 2.05) is 4.90 Å². The molecule has 1 aliphatic rings. The summed E-state index contributed by atoms with van der Waals surface area (Å²) in [5.74, 6) is -0.941. The zero-order valence-corrected chi connectivity index (χ0v) is 13.0. The van der Waals surface area contributed by atoms with Crippen LogP contribution < -0.4 is 0 Å². The molecule has 2 atom stereocenters. The molecule has 2 unspecified atom stereocenters. The molecule has 0 aliphatic carbocycles. The molecule has 20 heavy (non-hydrogen) atoms. The number of carboxylic acid groups (broad SMARTS) is 1. The topological polar surface area (TPSA) is 64.1 Å². The van der Waals surface area contributed by atoms with Gasteiger partial charge in [0, 0.05) is 26.2 Å². The van der Waals surface area contributed by atoms with Gasteiger partial charge in [-0.15, -0.1) is 0 Å². The van der Waals surface area contributed by atoms with E-state index in [2.05, 4.69) is 18.9 Å². The van der Waals surface area contributed by atoms with Crippen molar-refractivity contribution in [1.29, 1.82) is 0 Å². The summed E-state index contributed by atoms with van der Waals surface area (Å²) in [7, 11) is 3.65. The third-order valence-electron chi connectivity index (χ3n) is 4.06. The van der Waals surface area contributed by atoms with Gasteiger partial charge in [-0.2, -0.15) is 0 Å². The molecule has 0 radical (unpaired) electrons. The lowest BCUT2D eigenvalue weighted by Crippen LogP contribution is -2.53. The number of carboxylic acids is 1. The Balaban J connectivity index is 2.84. The fourth-order valence-electron chi connectivity index (χ4n) is 2.79. The number of rotatable bonds is 4. The van der Waals surface area contributed by atoms with E-state index in [4.69, 9.17) is 0 Å². The third-order valence-corrected chi connectivity index (χ3v) is 4.06. The Morgan fingerprint density at radius 3 is 2.50 bits per heavy atom. The second-order valence-corrected chi connectivity index (χ2v) is 5.53. The van der Waals surface area contributed by atoms with Gasteiger partial charge in [-0.25, -0.2) is 9.59 Å². The van der Waals surface area contributed by atoms with Crippen molar-refractivity contribution in [2.45, 2.75) is 45.2 Å². The summed E-state index contributed by atoms with van der Waals surface area (Å²) in [6, 6.07) is -0.758.